The van der Waals surface area contributed by atoms with Crippen LogP contribution in [-0.4, -0.2) is 24.0 Å². The standard InChI is InChI=1S/C15H24N2S/c1-2-13-7-8-14(18-13)15-11(10-16)4-3-9-17(15)12-5-6-12/h7-8,11-12,15H,2-6,9-10,16H2,1H3. The number of likely N-dealkylation sites (tertiary alicyclic amines) is 1. The van der Waals surface area contributed by atoms with Crippen LogP contribution in [-0.2, 0) is 6.42 Å². The zero-order chi connectivity index (χ0) is 12.5. The van der Waals surface area contributed by atoms with Crippen molar-refractivity contribution in [3.8, 4) is 0 Å². The summed E-state index contributed by atoms with van der Waals surface area (Å²) in [4.78, 5) is 5.84. The molecule has 0 aromatic carbocycles. The molecule has 2 aliphatic rings. The summed E-state index contributed by atoms with van der Waals surface area (Å²) in [6.45, 7) is 4.37. The third-order valence-corrected chi connectivity index (χ3v) is 5.74. The van der Waals surface area contributed by atoms with Crippen LogP contribution in [0, 0.1) is 5.92 Å². The number of aryl methyl sites for hydroxylation is 1. The number of hydrogen-bond donors (Lipinski definition) is 1. The smallest absolute Gasteiger partial charge is 0.0484 e. The SMILES string of the molecule is CCc1ccc(C2C(CN)CCCN2C2CC2)s1. The van der Waals surface area contributed by atoms with Gasteiger partial charge >= 0.3 is 0 Å². The molecule has 1 aliphatic heterocycles. The maximum atomic E-state index is 6.03. The van der Waals surface area contributed by atoms with Crippen molar-refractivity contribution in [2.24, 2.45) is 11.7 Å². The normalized spacial score (nSPS) is 29.7. The van der Waals surface area contributed by atoms with E-state index in [-0.39, 0.29) is 0 Å². The van der Waals surface area contributed by atoms with Crippen LogP contribution in [0.5, 0.6) is 0 Å². The summed E-state index contributed by atoms with van der Waals surface area (Å²) >= 11 is 2.01. The number of rotatable bonds is 4. The van der Waals surface area contributed by atoms with Crippen molar-refractivity contribution in [2.75, 3.05) is 13.1 Å². The van der Waals surface area contributed by atoms with Gasteiger partial charge in [-0.3, -0.25) is 4.90 Å². The first-order valence-electron chi connectivity index (χ1n) is 7.38. The molecule has 1 aromatic rings. The quantitative estimate of drug-likeness (QED) is 0.905. The molecule has 2 nitrogen and oxygen atoms in total. The van der Waals surface area contributed by atoms with Crippen LogP contribution < -0.4 is 5.73 Å². The lowest BCUT2D eigenvalue weighted by atomic mass is 9.88. The summed E-state index contributed by atoms with van der Waals surface area (Å²) in [5.74, 6) is 0.669. The molecule has 1 aliphatic carbocycles. The number of nitrogens with zero attached hydrogens (tertiary/aromatic N) is 1. The fourth-order valence-corrected chi connectivity index (χ4v) is 4.47. The molecular weight excluding hydrogens is 240 g/mol. The fourth-order valence-electron chi connectivity index (χ4n) is 3.31. The highest BCUT2D eigenvalue weighted by atomic mass is 32.1. The van der Waals surface area contributed by atoms with Gasteiger partial charge in [-0.15, -0.1) is 11.3 Å². The van der Waals surface area contributed by atoms with Crippen molar-refractivity contribution < 1.29 is 0 Å². The zero-order valence-electron chi connectivity index (χ0n) is 11.3. The Hall–Kier alpha value is -0.380. The van der Waals surface area contributed by atoms with E-state index in [1.165, 1.54) is 37.1 Å². The van der Waals surface area contributed by atoms with Crippen molar-refractivity contribution in [3.05, 3.63) is 21.9 Å². The van der Waals surface area contributed by atoms with Gasteiger partial charge in [0.25, 0.3) is 0 Å². The van der Waals surface area contributed by atoms with Crippen molar-refractivity contribution in [1.29, 1.82) is 0 Å². The minimum absolute atomic E-state index is 0.613. The van der Waals surface area contributed by atoms with Crippen LogP contribution >= 0.6 is 11.3 Å². The Morgan fingerprint density at radius 1 is 1.33 bits per heavy atom. The van der Waals surface area contributed by atoms with E-state index in [4.69, 9.17) is 5.73 Å². The van der Waals surface area contributed by atoms with Crippen LogP contribution in [0.25, 0.3) is 0 Å². The molecule has 2 heterocycles. The van der Waals surface area contributed by atoms with E-state index in [2.05, 4.69) is 24.0 Å². The van der Waals surface area contributed by atoms with E-state index in [1.807, 2.05) is 11.3 Å². The van der Waals surface area contributed by atoms with Crippen molar-refractivity contribution in [3.63, 3.8) is 0 Å². The Morgan fingerprint density at radius 3 is 2.78 bits per heavy atom. The first-order chi connectivity index (χ1) is 8.83. The molecule has 18 heavy (non-hydrogen) atoms. The lowest BCUT2D eigenvalue weighted by Gasteiger charge is -2.41. The summed E-state index contributed by atoms with van der Waals surface area (Å²) < 4.78 is 0. The Balaban J connectivity index is 1.86. The average molecular weight is 264 g/mol. The highest BCUT2D eigenvalue weighted by Gasteiger charge is 2.40. The summed E-state index contributed by atoms with van der Waals surface area (Å²) in [7, 11) is 0. The lowest BCUT2D eigenvalue weighted by Crippen LogP contribution is -2.42. The first kappa shape index (κ1) is 12.6. The topological polar surface area (TPSA) is 29.3 Å². The second-order valence-corrected chi connectivity index (χ2v) is 6.91. The van der Waals surface area contributed by atoms with Gasteiger partial charge in [0.15, 0.2) is 0 Å². The largest absolute Gasteiger partial charge is 0.330 e. The monoisotopic (exact) mass is 264 g/mol. The van der Waals surface area contributed by atoms with Crippen molar-refractivity contribution in [1.82, 2.24) is 4.90 Å². The predicted molar refractivity (Wildman–Crippen MR) is 77.9 cm³/mol. The molecule has 1 aromatic heterocycles. The Labute approximate surface area is 114 Å². The van der Waals surface area contributed by atoms with Gasteiger partial charge in [-0.2, -0.15) is 0 Å². The molecule has 0 radical (unpaired) electrons. The summed E-state index contributed by atoms with van der Waals surface area (Å²) in [6.07, 6.45) is 6.61. The molecule has 1 saturated carbocycles. The van der Waals surface area contributed by atoms with Gasteiger partial charge in [-0.25, -0.2) is 0 Å². The van der Waals surface area contributed by atoms with Gasteiger partial charge in [-0.05, 0) is 63.2 Å². The molecule has 2 N–H and O–H groups in total. The van der Waals surface area contributed by atoms with Crippen LogP contribution in [0.1, 0.15) is 48.4 Å². The van der Waals surface area contributed by atoms with Gasteiger partial charge in [-0.1, -0.05) is 6.92 Å². The van der Waals surface area contributed by atoms with E-state index in [1.54, 1.807) is 4.88 Å². The number of nitrogens with two attached hydrogens (primary N) is 1. The Kier molecular flexibility index (Phi) is 3.73. The molecule has 1 saturated heterocycles. The van der Waals surface area contributed by atoms with E-state index in [0.29, 0.717) is 12.0 Å². The minimum Gasteiger partial charge on any atom is -0.330 e. The number of hydrogen-bond acceptors (Lipinski definition) is 3. The number of thiophene rings is 1. The molecular formula is C15H24N2S. The highest BCUT2D eigenvalue weighted by molar-refractivity contribution is 7.12. The third kappa shape index (κ3) is 2.36. The Bertz CT molecular complexity index is 397. The molecule has 0 amide bonds. The minimum atomic E-state index is 0.613. The van der Waals surface area contributed by atoms with Gasteiger partial charge < -0.3 is 5.73 Å². The van der Waals surface area contributed by atoms with E-state index < -0.39 is 0 Å². The van der Waals surface area contributed by atoms with Crippen LogP contribution in [0.15, 0.2) is 12.1 Å². The second kappa shape index (κ2) is 5.32. The maximum Gasteiger partial charge on any atom is 0.0484 e. The average Bonchev–Trinajstić information content (AvgIpc) is 3.15. The van der Waals surface area contributed by atoms with Gasteiger partial charge in [0, 0.05) is 21.8 Å². The fraction of sp³-hybridized carbons (Fsp3) is 0.733. The molecule has 0 bridgehead atoms. The zero-order valence-corrected chi connectivity index (χ0v) is 12.1. The third-order valence-electron chi connectivity index (χ3n) is 4.44. The Morgan fingerprint density at radius 2 is 2.17 bits per heavy atom. The van der Waals surface area contributed by atoms with Crippen LogP contribution in [0.3, 0.4) is 0 Å². The van der Waals surface area contributed by atoms with E-state index in [0.717, 1.165) is 19.0 Å². The maximum absolute atomic E-state index is 6.03. The molecule has 2 fully saturated rings. The molecule has 2 unspecified atom stereocenters. The summed E-state index contributed by atoms with van der Waals surface area (Å²) in [5.41, 5.74) is 6.03. The summed E-state index contributed by atoms with van der Waals surface area (Å²) in [5, 5.41) is 0. The van der Waals surface area contributed by atoms with E-state index >= 15 is 0 Å². The van der Waals surface area contributed by atoms with Gasteiger partial charge in [0.05, 0.1) is 0 Å². The van der Waals surface area contributed by atoms with E-state index in [9.17, 15) is 0 Å². The molecule has 3 heteroatoms. The molecule has 3 rings (SSSR count). The van der Waals surface area contributed by atoms with Crippen LogP contribution in [0.2, 0.25) is 0 Å². The number of piperidine rings is 1. The molecule has 0 spiro atoms. The second-order valence-electron chi connectivity index (χ2n) is 5.71. The highest BCUT2D eigenvalue weighted by Crippen LogP contribution is 2.44. The molecule has 2 atom stereocenters. The van der Waals surface area contributed by atoms with Gasteiger partial charge in [0.1, 0.15) is 0 Å². The van der Waals surface area contributed by atoms with Crippen LogP contribution in [0.4, 0.5) is 0 Å². The first-order valence-corrected chi connectivity index (χ1v) is 8.19. The van der Waals surface area contributed by atoms with Crippen molar-refractivity contribution >= 4 is 11.3 Å². The summed E-state index contributed by atoms with van der Waals surface area (Å²) in [6, 6.07) is 6.14. The predicted octanol–water partition coefficient (Wildman–Crippen LogP) is 3.18. The lowest BCUT2D eigenvalue weighted by molar-refractivity contribution is 0.0904. The van der Waals surface area contributed by atoms with Gasteiger partial charge in [0.2, 0.25) is 0 Å². The van der Waals surface area contributed by atoms with Crippen molar-refractivity contribution in [2.45, 2.75) is 51.1 Å². The molecule has 100 valence electrons.